The predicted molar refractivity (Wildman–Crippen MR) is 80.2 cm³/mol. The first kappa shape index (κ1) is 15.0. The number of aliphatic hydroxyl groups excluding tert-OH is 1. The second-order valence-electron chi connectivity index (χ2n) is 4.20. The summed E-state index contributed by atoms with van der Waals surface area (Å²) < 4.78 is 27.4. The molecule has 1 aromatic heterocycles. The highest BCUT2D eigenvalue weighted by atomic mass is 32.2. The third kappa shape index (κ3) is 3.60. The van der Waals surface area contributed by atoms with Gasteiger partial charge in [-0.2, -0.15) is 0 Å². The van der Waals surface area contributed by atoms with Gasteiger partial charge in [-0.05, 0) is 31.2 Å². The molecule has 6 heteroatoms. The molecule has 0 aliphatic carbocycles. The van der Waals surface area contributed by atoms with Gasteiger partial charge in [-0.3, -0.25) is 9.71 Å². The summed E-state index contributed by atoms with van der Waals surface area (Å²) in [6, 6.07) is 9.66. The van der Waals surface area contributed by atoms with Crippen LogP contribution in [0, 0.1) is 18.8 Å². The van der Waals surface area contributed by atoms with Crippen molar-refractivity contribution < 1.29 is 13.5 Å². The molecule has 0 radical (unpaired) electrons. The van der Waals surface area contributed by atoms with Crippen molar-refractivity contribution in [2.24, 2.45) is 0 Å². The van der Waals surface area contributed by atoms with Crippen molar-refractivity contribution in [2.45, 2.75) is 11.8 Å². The van der Waals surface area contributed by atoms with E-state index in [4.69, 9.17) is 5.11 Å². The van der Waals surface area contributed by atoms with Crippen LogP contribution in [0.3, 0.4) is 0 Å². The van der Waals surface area contributed by atoms with Gasteiger partial charge in [0.1, 0.15) is 11.5 Å². The SMILES string of the molecule is Cc1ncccc1NS(=O)(=O)c1ccccc1C#CCO. The quantitative estimate of drug-likeness (QED) is 0.843. The number of aromatic nitrogens is 1. The number of nitrogens with one attached hydrogen (secondary N) is 1. The standard InChI is InChI=1S/C15H14N2O3S/c1-12-14(8-4-10-16-12)17-21(19,20)15-9-3-2-6-13(15)7-5-11-18/h2-4,6,8-10,17-18H,11H2,1H3. The summed E-state index contributed by atoms with van der Waals surface area (Å²) in [6.07, 6.45) is 1.59. The van der Waals surface area contributed by atoms with Gasteiger partial charge in [0, 0.05) is 11.8 Å². The van der Waals surface area contributed by atoms with Crippen molar-refractivity contribution in [3.05, 3.63) is 53.9 Å². The molecule has 2 rings (SSSR count). The number of sulfonamides is 1. The zero-order valence-corrected chi connectivity index (χ0v) is 12.2. The molecule has 1 heterocycles. The van der Waals surface area contributed by atoms with Crippen LogP contribution in [0.5, 0.6) is 0 Å². The van der Waals surface area contributed by atoms with Crippen LogP contribution in [0.1, 0.15) is 11.3 Å². The van der Waals surface area contributed by atoms with E-state index in [-0.39, 0.29) is 11.5 Å². The lowest BCUT2D eigenvalue weighted by atomic mass is 10.2. The number of hydrogen-bond donors (Lipinski definition) is 2. The Labute approximate surface area is 123 Å². The molecule has 0 spiro atoms. The topological polar surface area (TPSA) is 79.3 Å². The number of rotatable bonds is 3. The van der Waals surface area contributed by atoms with Gasteiger partial charge in [-0.15, -0.1) is 0 Å². The van der Waals surface area contributed by atoms with Crippen LogP contribution in [-0.4, -0.2) is 25.1 Å². The lowest BCUT2D eigenvalue weighted by Crippen LogP contribution is -2.15. The highest BCUT2D eigenvalue weighted by Crippen LogP contribution is 2.20. The average molecular weight is 302 g/mol. The van der Waals surface area contributed by atoms with Gasteiger partial charge in [-0.25, -0.2) is 8.42 Å². The fraction of sp³-hybridized carbons (Fsp3) is 0.133. The molecule has 0 aliphatic heterocycles. The summed E-state index contributed by atoms with van der Waals surface area (Å²) in [5.74, 6) is 5.09. The Kier molecular flexibility index (Phi) is 4.58. The zero-order chi connectivity index (χ0) is 15.3. The number of aryl methyl sites for hydroxylation is 1. The monoisotopic (exact) mass is 302 g/mol. The predicted octanol–water partition coefficient (Wildman–Crippen LogP) is 1.53. The van der Waals surface area contributed by atoms with E-state index in [9.17, 15) is 8.42 Å². The molecule has 0 fully saturated rings. The molecule has 1 aromatic carbocycles. The van der Waals surface area contributed by atoms with Crippen molar-refractivity contribution in [3.63, 3.8) is 0 Å². The van der Waals surface area contributed by atoms with Crippen molar-refractivity contribution >= 4 is 15.7 Å². The van der Waals surface area contributed by atoms with Crippen LogP contribution in [-0.2, 0) is 10.0 Å². The maximum absolute atomic E-state index is 12.5. The van der Waals surface area contributed by atoms with Crippen molar-refractivity contribution in [1.29, 1.82) is 0 Å². The lowest BCUT2D eigenvalue weighted by molar-refractivity contribution is 0.350. The van der Waals surface area contributed by atoms with Crippen molar-refractivity contribution in [3.8, 4) is 11.8 Å². The van der Waals surface area contributed by atoms with E-state index in [2.05, 4.69) is 21.5 Å². The molecule has 0 saturated carbocycles. The number of nitrogens with zero attached hydrogens (tertiary/aromatic N) is 1. The Morgan fingerprint density at radius 3 is 2.71 bits per heavy atom. The van der Waals surface area contributed by atoms with E-state index in [1.165, 1.54) is 6.07 Å². The van der Waals surface area contributed by atoms with E-state index in [1.807, 2.05) is 0 Å². The van der Waals surface area contributed by atoms with E-state index < -0.39 is 10.0 Å². The summed E-state index contributed by atoms with van der Waals surface area (Å²) in [5, 5.41) is 8.75. The van der Waals surface area contributed by atoms with Crippen molar-refractivity contribution in [1.82, 2.24) is 4.98 Å². The van der Waals surface area contributed by atoms with Crippen LogP contribution < -0.4 is 4.72 Å². The smallest absolute Gasteiger partial charge is 0.263 e. The van der Waals surface area contributed by atoms with Crippen LogP contribution >= 0.6 is 0 Å². The molecule has 2 aromatic rings. The third-order valence-corrected chi connectivity index (χ3v) is 4.15. The number of hydrogen-bond acceptors (Lipinski definition) is 4. The zero-order valence-electron chi connectivity index (χ0n) is 11.4. The second-order valence-corrected chi connectivity index (χ2v) is 5.85. The minimum Gasteiger partial charge on any atom is -0.384 e. The van der Waals surface area contributed by atoms with Crippen LogP contribution in [0.2, 0.25) is 0 Å². The van der Waals surface area contributed by atoms with Gasteiger partial charge in [0.15, 0.2) is 0 Å². The number of benzene rings is 1. The van der Waals surface area contributed by atoms with Crippen LogP contribution in [0.15, 0.2) is 47.5 Å². The Hall–Kier alpha value is -2.36. The Bertz CT molecular complexity index is 805. The Morgan fingerprint density at radius 1 is 1.24 bits per heavy atom. The van der Waals surface area contributed by atoms with Gasteiger partial charge in [0.25, 0.3) is 10.0 Å². The third-order valence-electron chi connectivity index (χ3n) is 2.73. The summed E-state index contributed by atoms with van der Waals surface area (Å²) in [7, 11) is -3.77. The van der Waals surface area contributed by atoms with E-state index in [0.717, 1.165) is 0 Å². The van der Waals surface area contributed by atoms with Crippen molar-refractivity contribution in [2.75, 3.05) is 11.3 Å². The van der Waals surface area contributed by atoms with Gasteiger partial charge in [0.2, 0.25) is 0 Å². The number of anilines is 1. The molecule has 0 bridgehead atoms. The molecule has 0 unspecified atom stereocenters. The molecule has 0 aliphatic rings. The molecule has 0 saturated heterocycles. The maximum atomic E-state index is 12.5. The van der Waals surface area contributed by atoms with E-state index in [1.54, 1.807) is 43.5 Å². The Morgan fingerprint density at radius 2 is 2.00 bits per heavy atom. The molecule has 21 heavy (non-hydrogen) atoms. The molecular weight excluding hydrogens is 288 g/mol. The summed E-state index contributed by atoms with van der Waals surface area (Å²) in [4.78, 5) is 4.11. The van der Waals surface area contributed by atoms with Gasteiger partial charge in [-0.1, -0.05) is 24.0 Å². The minimum absolute atomic E-state index is 0.0641. The molecule has 0 amide bonds. The van der Waals surface area contributed by atoms with E-state index in [0.29, 0.717) is 16.9 Å². The van der Waals surface area contributed by atoms with Gasteiger partial charge >= 0.3 is 0 Å². The molecule has 5 nitrogen and oxygen atoms in total. The number of pyridine rings is 1. The lowest BCUT2D eigenvalue weighted by Gasteiger charge is -2.11. The largest absolute Gasteiger partial charge is 0.384 e. The van der Waals surface area contributed by atoms with Crippen LogP contribution in [0.4, 0.5) is 5.69 Å². The summed E-state index contributed by atoms with van der Waals surface area (Å²) >= 11 is 0. The van der Waals surface area contributed by atoms with Gasteiger partial charge < -0.3 is 5.11 Å². The first-order valence-corrected chi connectivity index (χ1v) is 7.66. The first-order chi connectivity index (χ1) is 10.0. The fourth-order valence-electron chi connectivity index (χ4n) is 1.73. The van der Waals surface area contributed by atoms with Gasteiger partial charge in [0.05, 0.1) is 11.4 Å². The summed E-state index contributed by atoms with van der Waals surface area (Å²) in [5.41, 5.74) is 1.34. The first-order valence-electron chi connectivity index (χ1n) is 6.18. The summed E-state index contributed by atoms with van der Waals surface area (Å²) in [6.45, 7) is 1.39. The molecule has 0 atom stereocenters. The minimum atomic E-state index is -3.77. The average Bonchev–Trinajstić information content (AvgIpc) is 2.47. The number of aliphatic hydroxyl groups is 1. The Balaban J connectivity index is 2.43. The normalized spacial score (nSPS) is 10.6. The highest BCUT2D eigenvalue weighted by molar-refractivity contribution is 7.92. The van der Waals surface area contributed by atoms with E-state index >= 15 is 0 Å². The fourth-order valence-corrected chi connectivity index (χ4v) is 3.01. The van der Waals surface area contributed by atoms with Crippen LogP contribution in [0.25, 0.3) is 0 Å². The molecule has 108 valence electrons. The highest BCUT2D eigenvalue weighted by Gasteiger charge is 2.18. The molecular formula is C15H14N2O3S. The second kappa shape index (κ2) is 6.39. The molecule has 2 N–H and O–H groups in total. The maximum Gasteiger partial charge on any atom is 0.263 e.